The molecule has 6 heteroatoms. The number of morpholine rings is 1. The number of nitrogens with one attached hydrogen (secondary N) is 1. The summed E-state index contributed by atoms with van der Waals surface area (Å²) in [6.45, 7) is 5.12. The van der Waals surface area contributed by atoms with Gasteiger partial charge in [0.25, 0.3) is 5.91 Å². The standard InChI is InChI=1S/C21H22N4O2/c1-16-14-20(23-25(16)18-7-3-2-4-8-18)21(26)22-17-6-5-9-19(15-17)24-10-12-27-13-11-24/h2-9,14-15H,10-13H2,1H3,(H,22,26). The minimum absolute atomic E-state index is 0.216. The largest absolute Gasteiger partial charge is 0.378 e. The second-order valence-corrected chi connectivity index (χ2v) is 6.52. The third kappa shape index (κ3) is 3.85. The number of ether oxygens (including phenoxy) is 1. The molecule has 0 saturated carbocycles. The molecule has 3 aromatic rings. The fraction of sp³-hybridized carbons (Fsp3) is 0.238. The molecule has 1 aromatic heterocycles. The maximum atomic E-state index is 12.7. The van der Waals surface area contributed by atoms with Gasteiger partial charge in [-0.15, -0.1) is 0 Å². The molecule has 6 nitrogen and oxygen atoms in total. The van der Waals surface area contributed by atoms with Crippen molar-refractivity contribution in [3.63, 3.8) is 0 Å². The van der Waals surface area contributed by atoms with E-state index >= 15 is 0 Å². The van der Waals surface area contributed by atoms with E-state index in [1.54, 1.807) is 10.7 Å². The van der Waals surface area contributed by atoms with Crippen LogP contribution in [0, 0.1) is 6.92 Å². The number of carbonyl (C=O) groups is 1. The Balaban J connectivity index is 1.51. The van der Waals surface area contributed by atoms with E-state index in [0.717, 1.165) is 49.1 Å². The molecule has 0 atom stereocenters. The van der Waals surface area contributed by atoms with Gasteiger partial charge in [-0.1, -0.05) is 24.3 Å². The maximum absolute atomic E-state index is 12.7. The third-order valence-electron chi connectivity index (χ3n) is 4.60. The monoisotopic (exact) mass is 362 g/mol. The van der Waals surface area contributed by atoms with Crippen molar-refractivity contribution in [2.75, 3.05) is 36.5 Å². The fourth-order valence-corrected chi connectivity index (χ4v) is 3.21. The van der Waals surface area contributed by atoms with Gasteiger partial charge in [-0.25, -0.2) is 4.68 Å². The number of nitrogens with zero attached hydrogens (tertiary/aromatic N) is 3. The van der Waals surface area contributed by atoms with Crippen LogP contribution >= 0.6 is 0 Å². The summed E-state index contributed by atoms with van der Waals surface area (Å²) in [5, 5.41) is 7.42. The van der Waals surface area contributed by atoms with Crippen LogP contribution in [0.15, 0.2) is 60.7 Å². The Morgan fingerprint density at radius 2 is 1.74 bits per heavy atom. The normalized spacial score (nSPS) is 14.2. The van der Waals surface area contributed by atoms with Crippen LogP contribution in [0.1, 0.15) is 16.2 Å². The Bertz CT molecular complexity index is 930. The highest BCUT2D eigenvalue weighted by Gasteiger charge is 2.15. The molecule has 138 valence electrons. The Morgan fingerprint density at radius 1 is 1.00 bits per heavy atom. The van der Waals surface area contributed by atoms with Crippen LogP contribution in [0.2, 0.25) is 0 Å². The molecule has 1 saturated heterocycles. The first kappa shape index (κ1) is 17.3. The highest BCUT2D eigenvalue weighted by Crippen LogP contribution is 2.21. The van der Waals surface area contributed by atoms with Gasteiger partial charge < -0.3 is 15.0 Å². The second-order valence-electron chi connectivity index (χ2n) is 6.52. The van der Waals surface area contributed by atoms with Gasteiger partial charge in [0.1, 0.15) is 0 Å². The summed E-state index contributed by atoms with van der Waals surface area (Å²) in [5.74, 6) is -0.216. The number of benzene rings is 2. The van der Waals surface area contributed by atoms with E-state index in [1.807, 2.05) is 55.5 Å². The lowest BCUT2D eigenvalue weighted by atomic mass is 10.2. The van der Waals surface area contributed by atoms with Crippen molar-refractivity contribution >= 4 is 17.3 Å². The molecule has 1 aliphatic heterocycles. The van der Waals surface area contributed by atoms with Gasteiger partial charge in [0.2, 0.25) is 0 Å². The Kier molecular flexibility index (Phi) is 4.89. The minimum Gasteiger partial charge on any atom is -0.378 e. The number of aromatic nitrogens is 2. The van der Waals surface area contributed by atoms with Gasteiger partial charge in [0.05, 0.1) is 18.9 Å². The summed E-state index contributed by atoms with van der Waals surface area (Å²) in [5.41, 5.74) is 4.09. The second kappa shape index (κ2) is 7.63. The molecule has 4 rings (SSSR count). The van der Waals surface area contributed by atoms with Crippen LogP contribution in [0.25, 0.3) is 5.69 Å². The van der Waals surface area contributed by atoms with E-state index in [1.165, 1.54) is 0 Å². The zero-order valence-corrected chi connectivity index (χ0v) is 15.3. The average molecular weight is 362 g/mol. The molecule has 1 amide bonds. The summed E-state index contributed by atoms with van der Waals surface area (Å²) in [6, 6.07) is 19.5. The zero-order valence-electron chi connectivity index (χ0n) is 15.3. The van der Waals surface area contributed by atoms with Crippen molar-refractivity contribution in [3.8, 4) is 5.69 Å². The van der Waals surface area contributed by atoms with Crippen LogP contribution in [-0.4, -0.2) is 42.0 Å². The number of aryl methyl sites for hydroxylation is 1. The summed E-state index contributed by atoms with van der Waals surface area (Å²) in [4.78, 5) is 14.9. The van der Waals surface area contributed by atoms with Gasteiger partial charge in [-0.3, -0.25) is 4.79 Å². The molecule has 2 heterocycles. The van der Waals surface area contributed by atoms with Crippen molar-refractivity contribution < 1.29 is 9.53 Å². The van der Waals surface area contributed by atoms with E-state index < -0.39 is 0 Å². The van der Waals surface area contributed by atoms with Gasteiger partial charge in [-0.05, 0) is 43.3 Å². The number of amides is 1. The van der Waals surface area contributed by atoms with E-state index in [-0.39, 0.29) is 5.91 Å². The molecule has 0 radical (unpaired) electrons. The quantitative estimate of drug-likeness (QED) is 0.774. The summed E-state index contributed by atoms with van der Waals surface area (Å²) in [6.07, 6.45) is 0. The number of anilines is 2. The molecule has 2 aromatic carbocycles. The highest BCUT2D eigenvalue weighted by molar-refractivity contribution is 6.03. The molecule has 0 unspecified atom stereocenters. The van der Waals surface area contributed by atoms with Crippen molar-refractivity contribution in [1.29, 1.82) is 0 Å². The minimum atomic E-state index is -0.216. The molecule has 27 heavy (non-hydrogen) atoms. The summed E-state index contributed by atoms with van der Waals surface area (Å²) < 4.78 is 7.18. The Labute approximate surface area is 158 Å². The van der Waals surface area contributed by atoms with Crippen molar-refractivity contribution in [3.05, 3.63) is 72.1 Å². The van der Waals surface area contributed by atoms with Crippen LogP contribution in [0.3, 0.4) is 0 Å². The van der Waals surface area contributed by atoms with E-state index in [0.29, 0.717) is 5.69 Å². The van der Waals surface area contributed by atoms with Crippen LogP contribution < -0.4 is 10.2 Å². The lowest BCUT2D eigenvalue weighted by Gasteiger charge is -2.29. The van der Waals surface area contributed by atoms with Gasteiger partial charge in [0.15, 0.2) is 5.69 Å². The van der Waals surface area contributed by atoms with E-state index in [9.17, 15) is 4.79 Å². The predicted octanol–water partition coefficient (Wildman–Crippen LogP) is 3.27. The number of rotatable bonds is 4. The SMILES string of the molecule is Cc1cc(C(=O)Nc2cccc(N3CCOCC3)c2)nn1-c1ccccc1. The molecule has 0 bridgehead atoms. The Morgan fingerprint density at radius 3 is 2.52 bits per heavy atom. The zero-order chi connectivity index (χ0) is 18.6. The molecular formula is C21H22N4O2. The lowest BCUT2D eigenvalue weighted by Crippen LogP contribution is -2.36. The van der Waals surface area contributed by atoms with Crippen molar-refractivity contribution in [2.45, 2.75) is 6.92 Å². The Hall–Kier alpha value is -3.12. The number of hydrogen-bond acceptors (Lipinski definition) is 4. The molecule has 1 N–H and O–H groups in total. The number of hydrogen-bond donors (Lipinski definition) is 1. The van der Waals surface area contributed by atoms with Crippen LogP contribution in [-0.2, 0) is 4.74 Å². The topological polar surface area (TPSA) is 59.4 Å². The summed E-state index contributed by atoms with van der Waals surface area (Å²) in [7, 11) is 0. The van der Waals surface area contributed by atoms with Gasteiger partial charge >= 0.3 is 0 Å². The predicted molar refractivity (Wildman–Crippen MR) is 106 cm³/mol. The molecule has 1 fully saturated rings. The van der Waals surface area contributed by atoms with E-state index in [4.69, 9.17) is 4.74 Å². The average Bonchev–Trinajstić information content (AvgIpc) is 3.11. The van der Waals surface area contributed by atoms with Crippen LogP contribution in [0.4, 0.5) is 11.4 Å². The van der Waals surface area contributed by atoms with E-state index in [2.05, 4.69) is 21.4 Å². The number of para-hydroxylation sites is 1. The smallest absolute Gasteiger partial charge is 0.276 e. The third-order valence-corrected chi connectivity index (χ3v) is 4.60. The molecule has 0 spiro atoms. The lowest BCUT2D eigenvalue weighted by molar-refractivity contribution is 0.102. The first-order valence-corrected chi connectivity index (χ1v) is 9.07. The molecule has 0 aliphatic carbocycles. The molecular weight excluding hydrogens is 340 g/mol. The fourth-order valence-electron chi connectivity index (χ4n) is 3.21. The summed E-state index contributed by atoms with van der Waals surface area (Å²) >= 11 is 0. The maximum Gasteiger partial charge on any atom is 0.276 e. The van der Waals surface area contributed by atoms with Crippen molar-refractivity contribution in [1.82, 2.24) is 9.78 Å². The van der Waals surface area contributed by atoms with Gasteiger partial charge in [0, 0.05) is 30.2 Å². The highest BCUT2D eigenvalue weighted by atomic mass is 16.5. The van der Waals surface area contributed by atoms with Crippen molar-refractivity contribution in [2.24, 2.45) is 0 Å². The van der Waals surface area contributed by atoms with Crippen LogP contribution in [0.5, 0.6) is 0 Å². The van der Waals surface area contributed by atoms with Gasteiger partial charge in [-0.2, -0.15) is 5.10 Å². The first-order chi connectivity index (χ1) is 13.2. The molecule has 1 aliphatic rings. The first-order valence-electron chi connectivity index (χ1n) is 9.07. The number of carbonyl (C=O) groups excluding carboxylic acids is 1.